The number of nitrogens with one attached hydrogen (secondary N) is 1. The molecule has 1 saturated carbocycles. The number of rotatable bonds is 7. The third-order valence-corrected chi connectivity index (χ3v) is 9.36. The highest BCUT2D eigenvalue weighted by molar-refractivity contribution is 6.30. The molecule has 0 amide bonds. The van der Waals surface area contributed by atoms with Gasteiger partial charge in [-0.2, -0.15) is 23.5 Å². The summed E-state index contributed by atoms with van der Waals surface area (Å²) in [5, 5.41) is 15.6. The van der Waals surface area contributed by atoms with Gasteiger partial charge < -0.3 is 9.47 Å². The normalized spacial score (nSPS) is 23.4. The summed E-state index contributed by atoms with van der Waals surface area (Å²) in [6.45, 7) is 2.48. The molecule has 2 fully saturated rings. The Hall–Kier alpha value is -4.28. The second-order valence-electron chi connectivity index (χ2n) is 12.5. The Labute approximate surface area is 271 Å². The van der Waals surface area contributed by atoms with E-state index in [2.05, 4.69) is 21.1 Å². The van der Waals surface area contributed by atoms with E-state index in [0.29, 0.717) is 60.5 Å². The van der Waals surface area contributed by atoms with E-state index in [0.717, 1.165) is 0 Å². The minimum Gasteiger partial charge on any atom is -0.444 e. The highest BCUT2D eigenvalue weighted by Gasteiger charge is 2.45. The van der Waals surface area contributed by atoms with E-state index < -0.39 is 41.1 Å². The lowest BCUT2D eigenvalue weighted by Gasteiger charge is -2.35. The number of piperidine rings is 1. The molecule has 0 spiro atoms. The predicted molar refractivity (Wildman–Crippen MR) is 160 cm³/mol. The quantitative estimate of drug-likeness (QED) is 0.203. The van der Waals surface area contributed by atoms with Crippen LogP contribution in [0.1, 0.15) is 60.3 Å². The number of nitriles is 1. The number of H-pyrrole nitrogens is 1. The molecule has 1 saturated heterocycles. The maximum Gasteiger partial charge on any atom is 0.451 e. The number of hydrogen-bond acceptors (Lipinski definition) is 7. The van der Waals surface area contributed by atoms with Gasteiger partial charge in [-0.25, -0.2) is 13.8 Å². The van der Waals surface area contributed by atoms with Crippen molar-refractivity contribution >= 4 is 11.6 Å². The monoisotopic (exact) mass is 670 g/mol. The lowest BCUT2D eigenvalue weighted by Crippen LogP contribution is -2.40. The van der Waals surface area contributed by atoms with Crippen molar-refractivity contribution in [3.8, 4) is 29.0 Å². The predicted octanol–water partition coefficient (Wildman–Crippen LogP) is 7.50. The molecule has 8 nitrogen and oxygen atoms in total. The first kappa shape index (κ1) is 31.3. The number of aromatic nitrogens is 4. The van der Waals surface area contributed by atoms with Crippen LogP contribution in [0.4, 0.5) is 22.0 Å². The second-order valence-corrected chi connectivity index (χ2v) is 12.9. The number of ether oxygens (including phenoxy) is 2. The third kappa shape index (κ3) is 6.00. The molecular formula is C33H28ClF5N6O2. The highest BCUT2D eigenvalue weighted by Crippen LogP contribution is 2.51. The van der Waals surface area contributed by atoms with Gasteiger partial charge in [-0.1, -0.05) is 23.7 Å². The van der Waals surface area contributed by atoms with Crippen molar-refractivity contribution in [1.82, 2.24) is 25.1 Å². The fourth-order valence-electron chi connectivity index (χ4n) is 6.40. The van der Waals surface area contributed by atoms with Gasteiger partial charge in [-0.05, 0) is 68.1 Å². The standard InChI is InChI=1S/C33H28ClF5N6O2/c1-31(23-6-5-20(34)12-24(23)35)46-27-4-2-3-22(28(27)47-31)21-7-10-45(15-25(21)36)16-26-18(13-32(17-40)8-9-32)11-19(14-41-26)29-42-30(44-43-29)33(37,38)39/h2-6,11-12,14,21,25H,7-10,13,15-16H2,1H3,(H,42,43,44)/t21?,25-,31+/m0/s1. The molecule has 47 heavy (non-hydrogen) atoms. The molecule has 2 aromatic heterocycles. The number of benzene rings is 2. The molecule has 3 atom stereocenters. The minimum absolute atomic E-state index is 0.0837. The van der Waals surface area contributed by atoms with Crippen LogP contribution in [0.5, 0.6) is 11.5 Å². The summed E-state index contributed by atoms with van der Waals surface area (Å²) in [6.07, 6.45) is -2.33. The summed E-state index contributed by atoms with van der Waals surface area (Å²) in [6, 6.07) is 13.5. The number of likely N-dealkylation sites (tertiary alicyclic amines) is 1. The van der Waals surface area contributed by atoms with Crippen molar-refractivity contribution in [3.05, 3.63) is 87.7 Å². The van der Waals surface area contributed by atoms with Gasteiger partial charge in [-0.15, -0.1) is 0 Å². The Morgan fingerprint density at radius 2 is 1.98 bits per heavy atom. The van der Waals surface area contributed by atoms with Crippen LogP contribution in [-0.4, -0.2) is 44.3 Å². The average Bonchev–Trinajstić information content (AvgIpc) is 3.42. The van der Waals surface area contributed by atoms with Crippen LogP contribution >= 0.6 is 11.6 Å². The lowest BCUT2D eigenvalue weighted by atomic mass is 9.87. The van der Waals surface area contributed by atoms with Gasteiger partial charge in [-0.3, -0.25) is 15.0 Å². The number of nitrogens with zero attached hydrogens (tertiary/aromatic N) is 5. The number of halogens is 6. The molecule has 1 N–H and O–H groups in total. The van der Waals surface area contributed by atoms with Crippen LogP contribution in [0.2, 0.25) is 5.02 Å². The number of aromatic amines is 1. The van der Waals surface area contributed by atoms with Gasteiger partial charge in [0.15, 0.2) is 17.3 Å². The zero-order chi connectivity index (χ0) is 33.1. The molecule has 4 heterocycles. The Balaban J connectivity index is 1.09. The van der Waals surface area contributed by atoms with E-state index in [-0.39, 0.29) is 35.1 Å². The first-order valence-corrected chi connectivity index (χ1v) is 15.5. The summed E-state index contributed by atoms with van der Waals surface area (Å²) in [5.41, 5.74) is 1.84. The van der Waals surface area contributed by atoms with Crippen LogP contribution in [0.15, 0.2) is 48.7 Å². The van der Waals surface area contributed by atoms with Gasteiger partial charge >= 0.3 is 6.18 Å². The van der Waals surface area contributed by atoms with Crippen molar-refractivity contribution in [2.45, 2.75) is 63.2 Å². The van der Waals surface area contributed by atoms with Crippen molar-refractivity contribution in [2.24, 2.45) is 5.41 Å². The maximum atomic E-state index is 16.0. The molecular weight excluding hydrogens is 643 g/mol. The van der Waals surface area contributed by atoms with Crippen LogP contribution in [0.25, 0.3) is 11.4 Å². The molecule has 1 aliphatic carbocycles. The Morgan fingerprint density at radius 3 is 2.66 bits per heavy atom. The van der Waals surface area contributed by atoms with E-state index in [1.807, 2.05) is 10.00 Å². The molecule has 1 unspecified atom stereocenters. The largest absolute Gasteiger partial charge is 0.451 e. The molecule has 244 valence electrons. The highest BCUT2D eigenvalue weighted by atomic mass is 35.5. The summed E-state index contributed by atoms with van der Waals surface area (Å²) in [5.74, 6) is -3.16. The summed E-state index contributed by atoms with van der Waals surface area (Å²) in [4.78, 5) is 10.1. The minimum atomic E-state index is -4.68. The van der Waals surface area contributed by atoms with Gasteiger partial charge in [0, 0.05) is 48.3 Å². The zero-order valence-corrected chi connectivity index (χ0v) is 25.8. The van der Waals surface area contributed by atoms with Crippen LogP contribution in [-0.2, 0) is 24.9 Å². The van der Waals surface area contributed by atoms with Crippen molar-refractivity contribution in [3.63, 3.8) is 0 Å². The van der Waals surface area contributed by atoms with E-state index in [1.54, 1.807) is 37.3 Å². The van der Waals surface area contributed by atoms with Gasteiger partial charge in [0.05, 0.1) is 22.7 Å². The summed E-state index contributed by atoms with van der Waals surface area (Å²) in [7, 11) is 0. The van der Waals surface area contributed by atoms with E-state index >= 15 is 4.39 Å². The molecule has 7 rings (SSSR count). The number of alkyl halides is 4. The molecule has 3 aliphatic rings. The second kappa shape index (κ2) is 11.5. The number of hydrogen-bond donors (Lipinski definition) is 1. The molecule has 0 radical (unpaired) electrons. The third-order valence-electron chi connectivity index (χ3n) is 9.12. The number of para-hydroxylation sites is 1. The van der Waals surface area contributed by atoms with E-state index in [1.165, 1.54) is 18.3 Å². The molecule has 0 bridgehead atoms. The average molecular weight is 671 g/mol. The molecule has 2 aromatic carbocycles. The fourth-order valence-corrected chi connectivity index (χ4v) is 6.56. The number of fused-ring (bicyclic) bond motifs is 1. The maximum absolute atomic E-state index is 16.0. The summed E-state index contributed by atoms with van der Waals surface area (Å²) < 4.78 is 82.4. The van der Waals surface area contributed by atoms with Crippen molar-refractivity contribution in [1.29, 1.82) is 5.26 Å². The van der Waals surface area contributed by atoms with Crippen LogP contribution < -0.4 is 9.47 Å². The van der Waals surface area contributed by atoms with E-state index in [4.69, 9.17) is 21.1 Å². The van der Waals surface area contributed by atoms with Gasteiger partial charge in [0.25, 0.3) is 5.79 Å². The van der Waals surface area contributed by atoms with Gasteiger partial charge in [0.2, 0.25) is 5.82 Å². The molecule has 14 heteroatoms. The SMILES string of the molecule is C[C@@]1(c2ccc(Cl)cc2F)Oc2cccc(C3CCN(Cc4ncc(-c5n[nH]c(C(F)(F)F)n5)cc4CC4(C#N)CC4)C[C@@H]3F)c2O1. The van der Waals surface area contributed by atoms with Crippen LogP contribution in [0, 0.1) is 22.6 Å². The smallest absolute Gasteiger partial charge is 0.444 e. The first-order valence-electron chi connectivity index (χ1n) is 15.1. The lowest BCUT2D eigenvalue weighted by molar-refractivity contribution is -0.144. The first-order chi connectivity index (χ1) is 22.4. The zero-order valence-electron chi connectivity index (χ0n) is 25.0. The van der Waals surface area contributed by atoms with Crippen molar-refractivity contribution < 1.29 is 31.4 Å². The van der Waals surface area contributed by atoms with Crippen molar-refractivity contribution in [2.75, 3.05) is 13.1 Å². The van der Waals surface area contributed by atoms with Crippen LogP contribution in [0.3, 0.4) is 0 Å². The molecule has 2 aliphatic heterocycles. The fraction of sp³-hybridized carbons (Fsp3) is 0.394. The van der Waals surface area contributed by atoms with E-state index in [9.17, 15) is 22.8 Å². The summed E-state index contributed by atoms with van der Waals surface area (Å²) >= 11 is 5.93. The Bertz CT molecular complexity index is 1890. The number of pyridine rings is 1. The topological polar surface area (TPSA) is 100.0 Å². The Kier molecular flexibility index (Phi) is 7.63. The Morgan fingerprint density at radius 1 is 1.17 bits per heavy atom. The molecule has 4 aromatic rings. The van der Waals surface area contributed by atoms with Gasteiger partial charge in [0.1, 0.15) is 12.0 Å².